The quantitative estimate of drug-likeness (QED) is 0.463. The van der Waals surface area contributed by atoms with Gasteiger partial charge in [-0.2, -0.15) is 0 Å². The molecule has 0 nitrogen and oxygen atoms in total. The zero-order valence-electron chi connectivity index (χ0n) is 3.62. The zero-order valence-corrected chi connectivity index (χ0v) is 3.62. The van der Waals surface area contributed by atoms with Crippen LogP contribution in [0.2, 0.25) is 0 Å². The molecule has 0 heterocycles. The Labute approximate surface area is 34.2 Å². The van der Waals surface area contributed by atoms with Gasteiger partial charge in [-0.05, 0) is 19.3 Å². The Balaban J connectivity index is 2.19. The highest BCUT2D eigenvalue weighted by atomic mass is 13.7. The summed E-state index contributed by atoms with van der Waals surface area (Å²) in [5.74, 6) is 0. The molecular weight excluding hydrogens is 60.1 g/mol. The van der Waals surface area contributed by atoms with Crippen LogP contribution >= 0.6 is 0 Å². The van der Waals surface area contributed by atoms with Crippen molar-refractivity contribution in [2.24, 2.45) is 0 Å². The first kappa shape index (κ1) is 5.00. The van der Waals surface area contributed by atoms with Gasteiger partial charge in [0.15, 0.2) is 0 Å². The van der Waals surface area contributed by atoms with Gasteiger partial charge in [-0.25, -0.2) is 0 Å². The van der Waals surface area contributed by atoms with Crippen LogP contribution in [0.25, 0.3) is 0 Å². The van der Waals surface area contributed by atoms with Crippen molar-refractivity contribution in [3.8, 4) is 0 Å². The third kappa shape index (κ3) is 4.00. The molecule has 0 aromatic heterocycles. The number of unbranched alkanes of at least 4 members (excludes halogenated alkanes) is 2. The summed E-state index contributed by atoms with van der Waals surface area (Å²) in [5, 5.41) is 0. The molecule has 0 spiro atoms. The molecular formula is C5H9. The van der Waals surface area contributed by atoms with Crippen LogP contribution in [0.3, 0.4) is 0 Å². The van der Waals surface area contributed by atoms with Gasteiger partial charge in [-0.3, -0.25) is 0 Å². The van der Waals surface area contributed by atoms with Crippen LogP contribution < -0.4 is 0 Å². The molecule has 5 heavy (non-hydrogen) atoms. The standard InChI is InChI=1S/C5H9/c1-3-5-4-2/h1,3-4H2,2H3. The van der Waals surface area contributed by atoms with Crippen LogP contribution in [0.1, 0.15) is 19.8 Å². The lowest BCUT2D eigenvalue weighted by atomic mass is 10.3. The summed E-state index contributed by atoms with van der Waals surface area (Å²) < 4.78 is 0. The lowest BCUT2D eigenvalue weighted by Gasteiger charge is -1.77. The van der Waals surface area contributed by atoms with Gasteiger partial charge < -0.3 is 0 Å². The highest BCUT2D eigenvalue weighted by molar-refractivity contribution is 4.60. The fourth-order valence-corrected chi connectivity index (χ4v) is 0.177. The Kier molecular flexibility index (Phi) is 4.00. The molecule has 0 aliphatic heterocycles. The third-order valence-electron chi connectivity index (χ3n) is 0.427. The van der Waals surface area contributed by atoms with Gasteiger partial charge in [0.2, 0.25) is 0 Å². The van der Waals surface area contributed by atoms with Crippen LogP contribution in [0.5, 0.6) is 0 Å². The average molecular weight is 69.1 g/mol. The second-order valence-electron chi connectivity index (χ2n) is 0.854. The van der Waals surface area contributed by atoms with Crippen LogP contribution in [0.4, 0.5) is 0 Å². The van der Waals surface area contributed by atoms with Crippen molar-refractivity contribution in [1.82, 2.24) is 0 Å². The Morgan fingerprint density at radius 2 is 2.40 bits per heavy atom. The molecule has 0 aliphatic rings. The summed E-state index contributed by atoms with van der Waals surface area (Å²) in [6, 6.07) is 0. The van der Waals surface area contributed by atoms with Crippen molar-refractivity contribution in [3.05, 3.63) is 13.3 Å². The van der Waals surface area contributed by atoms with E-state index in [2.05, 4.69) is 20.3 Å². The summed E-state index contributed by atoms with van der Waals surface area (Å²) in [7, 11) is 0. The van der Waals surface area contributed by atoms with Crippen molar-refractivity contribution in [2.75, 3.05) is 0 Å². The molecule has 0 heteroatoms. The van der Waals surface area contributed by atoms with E-state index < -0.39 is 0 Å². The SMILES string of the molecule is [CH2]C[C]CC. The van der Waals surface area contributed by atoms with Gasteiger partial charge in [0, 0.05) is 0 Å². The fraction of sp³-hybridized carbons (Fsp3) is 0.600. The molecule has 3 radical (unpaired) electrons. The van der Waals surface area contributed by atoms with E-state index in [0.29, 0.717) is 0 Å². The first-order valence-electron chi connectivity index (χ1n) is 1.91. The fourth-order valence-electron chi connectivity index (χ4n) is 0.177. The van der Waals surface area contributed by atoms with Crippen molar-refractivity contribution >= 4 is 0 Å². The van der Waals surface area contributed by atoms with Crippen LogP contribution in [-0.4, -0.2) is 0 Å². The van der Waals surface area contributed by atoms with Gasteiger partial charge in [-0.1, -0.05) is 13.8 Å². The number of hydrogen-bond acceptors (Lipinski definition) is 0. The number of hydrogen-bond donors (Lipinski definition) is 0. The largest absolute Gasteiger partial charge is 0.0648 e. The maximum Gasteiger partial charge on any atom is -0.0176 e. The first-order chi connectivity index (χ1) is 2.41. The molecule has 0 N–H and O–H groups in total. The smallest absolute Gasteiger partial charge is 0.0176 e. The zero-order chi connectivity index (χ0) is 4.12. The molecule has 29 valence electrons. The summed E-state index contributed by atoms with van der Waals surface area (Å²) in [5.41, 5.74) is 0. The second kappa shape index (κ2) is 4.00. The molecule has 0 amide bonds. The minimum atomic E-state index is 0.844. The van der Waals surface area contributed by atoms with E-state index in [1.807, 2.05) is 0 Å². The normalized spacial score (nSPS) is 8.40. The van der Waals surface area contributed by atoms with Gasteiger partial charge >= 0.3 is 0 Å². The third-order valence-corrected chi connectivity index (χ3v) is 0.427. The molecule has 0 aromatic carbocycles. The van der Waals surface area contributed by atoms with Crippen molar-refractivity contribution in [1.29, 1.82) is 0 Å². The van der Waals surface area contributed by atoms with Gasteiger partial charge in [0.25, 0.3) is 0 Å². The molecule has 0 saturated heterocycles. The van der Waals surface area contributed by atoms with Gasteiger partial charge in [-0.15, -0.1) is 0 Å². The monoisotopic (exact) mass is 69.1 g/mol. The minimum absolute atomic E-state index is 0.844. The summed E-state index contributed by atoms with van der Waals surface area (Å²) >= 11 is 0. The summed E-state index contributed by atoms with van der Waals surface area (Å²) in [4.78, 5) is 0. The van der Waals surface area contributed by atoms with Gasteiger partial charge in [0.1, 0.15) is 0 Å². The van der Waals surface area contributed by atoms with E-state index in [1.165, 1.54) is 0 Å². The highest BCUT2D eigenvalue weighted by Crippen LogP contribution is 1.85. The van der Waals surface area contributed by atoms with Gasteiger partial charge in [0.05, 0.1) is 0 Å². The van der Waals surface area contributed by atoms with Crippen LogP contribution in [0, 0.1) is 13.3 Å². The maximum absolute atomic E-state index is 3.56. The first-order valence-corrected chi connectivity index (χ1v) is 1.91. The Morgan fingerprint density at radius 1 is 1.80 bits per heavy atom. The average Bonchev–Trinajstić information content (AvgIpc) is 1.41. The molecule has 0 aliphatic carbocycles. The second-order valence-corrected chi connectivity index (χ2v) is 0.854. The predicted octanol–water partition coefficient (Wildman–Crippen LogP) is 1.70. The van der Waals surface area contributed by atoms with Crippen LogP contribution in [0.15, 0.2) is 0 Å². The van der Waals surface area contributed by atoms with Crippen molar-refractivity contribution in [3.63, 3.8) is 0 Å². The van der Waals surface area contributed by atoms with E-state index >= 15 is 0 Å². The van der Waals surface area contributed by atoms with Crippen molar-refractivity contribution < 1.29 is 0 Å². The van der Waals surface area contributed by atoms with E-state index in [1.54, 1.807) is 0 Å². The molecule has 0 unspecified atom stereocenters. The Morgan fingerprint density at radius 3 is 2.40 bits per heavy atom. The van der Waals surface area contributed by atoms with E-state index in [9.17, 15) is 0 Å². The van der Waals surface area contributed by atoms with Crippen LogP contribution in [-0.2, 0) is 0 Å². The lowest BCUT2D eigenvalue weighted by molar-refractivity contribution is 1.02. The summed E-state index contributed by atoms with van der Waals surface area (Å²) in [6.07, 6.45) is 4.88. The number of rotatable bonds is 2. The van der Waals surface area contributed by atoms with E-state index in [4.69, 9.17) is 0 Å². The van der Waals surface area contributed by atoms with E-state index in [-0.39, 0.29) is 0 Å². The molecule has 0 bridgehead atoms. The predicted molar refractivity (Wildman–Crippen MR) is 23.5 cm³/mol. The maximum atomic E-state index is 3.56. The minimum Gasteiger partial charge on any atom is -0.0648 e. The van der Waals surface area contributed by atoms with E-state index in [0.717, 1.165) is 12.8 Å². The molecule has 0 rings (SSSR count). The summed E-state index contributed by atoms with van der Waals surface area (Å²) in [6.45, 7) is 5.62. The topological polar surface area (TPSA) is 0 Å². The molecule has 0 saturated carbocycles. The Bertz CT molecular complexity index is 7.51. The Hall–Kier alpha value is 0. The molecule has 0 aromatic rings. The molecule has 0 atom stereocenters. The highest BCUT2D eigenvalue weighted by Gasteiger charge is 1.69. The van der Waals surface area contributed by atoms with Crippen molar-refractivity contribution in [2.45, 2.75) is 19.8 Å². The molecule has 0 fully saturated rings. The lowest BCUT2D eigenvalue weighted by Crippen LogP contribution is -1.61.